The van der Waals surface area contributed by atoms with E-state index >= 15 is 0 Å². The molecule has 2 aromatic heterocycles. The summed E-state index contributed by atoms with van der Waals surface area (Å²) in [6.45, 7) is 1.69. The van der Waals surface area contributed by atoms with Gasteiger partial charge in [0.05, 0.1) is 5.69 Å². The lowest BCUT2D eigenvalue weighted by atomic mass is 10.2. The van der Waals surface area contributed by atoms with Gasteiger partial charge in [0.15, 0.2) is 0 Å². The fraction of sp³-hybridized carbons (Fsp3) is 0.0667. The number of halogens is 1. The number of pyridine rings is 1. The Balaban J connectivity index is 1.99. The third-order valence-corrected chi connectivity index (χ3v) is 3.10. The third kappa shape index (κ3) is 2.43. The molecule has 0 fully saturated rings. The minimum atomic E-state index is -0.446. The highest BCUT2D eigenvalue weighted by atomic mass is 19.1. The van der Waals surface area contributed by atoms with Gasteiger partial charge in [0.1, 0.15) is 22.9 Å². The molecule has 0 bridgehead atoms. The molecule has 5 nitrogen and oxygen atoms in total. The quantitative estimate of drug-likeness (QED) is 0.711. The fourth-order valence-corrected chi connectivity index (χ4v) is 2.15. The SMILES string of the molecule is Cc1nc2ccc(F)cn2c1C(=O)Nc1ccc(O)cc1. The number of rotatable bonds is 2. The molecule has 3 aromatic rings. The van der Waals surface area contributed by atoms with Gasteiger partial charge in [-0.1, -0.05) is 0 Å². The van der Waals surface area contributed by atoms with E-state index in [1.807, 2.05) is 0 Å². The van der Waals surface area contributed by atoms with Gasteiger partial charge in [-0.3, -0.25) is 9.20 Å². The van der Waals surface area contributed by atoms with E-state index in [0.717, 1.165) is 0 Å². The second-order valence-corrected chi connectivity index (χ2v) is 4.62. The summed E-state index contributed by atoms with van der Waals surface area (Å²) < 4.78 is 14.8. The van der Waals surface area contributed by atoms with Crippen molar-refractivity contribution in [2.75, 3.05) is 5.32 Å². The Morgan fingerprint density at radius 3 is 2.67 bits per heavy atom. The molecule has 6 heteroatoms. The molecule has 3 rings (SSSR count). The van der Waals surface area contributed by atoms with E-state index in [-0.39, 0.29) is 11.4 Å². The van der Waals surface area contributed by atoms with E-state index in [2.05, 4.69) is 10.3 Å². The summed E-state index contributed by atoms with van der Waals surface area (Å²) in [5, 5.41) is 11.9. The smallest absolute Gasteiger partial charge is 0.274 e. The maximum atomic E-state index is 13.4. The van der Waals surface area contributed by atoms with Crippen LogP contribution < -0.4 is 5.32 Å². The van der Waals surface area contributed by atoms with Crippen LogP contribution in [0, 0.1) is 12.7 Å². The number of nitrogens with zero attached hydrogens (tertiary/aromatic N) is 2. The van der Waals surface area contributed by atoms with Gasteiger partial charge < -0.3 is 10.4 Å². The Labute approximate surface area is 119 Å². The lowest BCUT2D eigenvalue weighted by Gasteiger charge is -2.06. The molecule has 0 saturated carbocycles. The Morgan fingerprint density at radius 1 is 1.24 bits per heavy atom. The molecule has 1 amide bonds. The van der Waals surface area contributed by atoms with Crippen LogP contribution in [0.15, 0.2) is 42.6 Å². The van der Waals surface area contributed by atoms with Gasteiger partial charge in [0.25, 0.3) is 5.91 Å². The average molecular weight is 285 g/mol. The molecule has 0 unspecified atom stereocenters. The predicted octanol–water partition coefficient (Wildman–Crippen LogP) is 2.74. The monoisotopic (exact) mass is 285 g/mol. The van der Waals surface area contributed by atoms with Crippen molar-refractivity contribution in [3.63, 3.8) is 0 Å². The largest absolute Gasteiger partial charge is 0.508 e. The molecule has 2 N–H and O–H groups in total. The van der Waals surface area contributed by atoms with Crippen LogP contribution in [0.3, 0.4) is 0 Å². The van der Waals surface area contributed by atoms with Crippen molar-refractivity contribution >= 4 is 17.2 Å². The van der Waals surface area contributed by atoms with Crippen molar-refractivity contribution in [1.82, 2.24) is 9.38 Å². The van der Waals surface area contributed by atoms with E-state index in [9.17, 15) is 14.3 Å². The Hall–Kier alpha value is -2.89. The maximum Gasteiger partial charge on any atom is 0.274 e. The number of aromatic hydroxyl groups is 1. The first-order valence-electron chi connectivity index (χ1n) is 6.29. The summed E-state index contributed by atoms with van der Waals surface area (Å²) in [6, 6.07) is 8.90. The molecule has 0 aliphatic carbocycles. The third-order valence-electron chi connectivity index (χ3n) is 3.10. The number of amides is 1. The topological polar surface area (TPSA) is 66.6 Å². The zero-order valence-electron chi connectivity index (χ0n) is 11.2. The van der Waals surface area contributed by atoms with Gasteiger partial charge in [0, 0.05) is 11.9 Å². The van der Waals surface area contributed by atoms with Gasteiger partial charge >= 0.3 is 0 Å². The Kier molecular flexibility index (Phi) is 3.06. The van der Waals surface area contributed by atoms with E-state index in [4.69, 9.17) is 0 Å². The molecule has 0 radical (unpaired) electrons. The molecule has 21 heavy (non-hydrogen) atoms. The number of carbonyl (C=O) groups is 1. The summed E-state index contributed by atoms with van der Waals surface area (Å²) in [7, 11) is 0. The minimum Gasteiger partial charge on any atom is -0.508 e. The number of anilines is 1. The number of phenolic OH excluding ortho intramolecular Hbond substituents is 1. The van der Waals surface area contributed by atoms with Gasteiger partial charge in [-0.15, -0.1) is 0 Å². The first-order valence-corrected chi connectivity index (χ1v) is 6.29. The van der Waals surface area contributed by atoms with E-state index in [1.165, 1.54) is 34.9 Å². The van der Waals surface area contributed by atoms with Crippen LogP contribution in [0.2, 0.25) is 0 Å². The van der Waals surface area contributed by atoms with Crippen molar-refractivity contribution in [1.29, 1.82) is 0 Å². The standard InChI is InChI=1S/C15H12FN3O2/c1-9-14(19-8-10(16)2-7-13(19)17-9)15(21)18-11-3-5-12(20)6-4-11/h2-8,20H,1H3,(H,18,21). The Bertz CT molecular complexity index is 825. The van der Waals surface area contributed by atoms with Crippen LogP contribution in [-0.4, -0.2) is 20.4 Å². The fourth-order valence-electron chi connectivity index (χ4n) is 2.15. The summed E-state index contributed by atoms with van der Waals surface area (Å²) >= 11 is 0. The average Bonchev–Trinajstić information content (AvgIpc) is 2.76. The molecule has 0 spiro atoms. The van der Waals surface area contributed by atoms with Gasteiger partial charge in [-0.05, 0) is 43.3 Å². The molecule has 106 valence electrons. The highest BCUT2D eigenvalue weighted by Crippen LogP contribution is 2.17. The molecule has 0 aliphatic rings. The molecular weight excluding hydrogens is 273 g/mol. The first-order chi connectivity index (χ1) is 10.0. The van der Waals surface area contributed by atoms with Gasteiger partial charge in [0.2, 0.25) is 0 Å². The second-order valence-electron chi connectivity index (χ2n) is 4.62. The summed E-state index contributed by atoms with van der Waals surface area (Å²) in [5.74, 6) is -0.726. The highest BCUT2D eigenvalue weighted by Gasteiger charge is 2.17. The van der Waals surface area contributed by atoms with Crippen molar-refractivity contribution in [2.24, 2.45) is 0 Å². The van der Waals surface area contributed by atoms with Crippen molar-refractivity contribution < 1.29 is 14.3 Å². The van der Waals surface area contributed by atoms with Crippen LogP contribution >= 0.6 is 0 Å². The number of aromatic nitrogens is 2. The summed E-state index contributed by atoms with van der Waals surface area (Å²) in [4.78, 5) is 16.6. The van der Waals surface area contributed by atoms with Crippen LogP contribution in [0.25, 0.3) is 5.65 Å². The predicted molar refractivity (Wildman–Crippen MR) is 75.9 cm³/mol. The highest BCUT2D eigenvalue weighted by molar-refractivity contribution is 6.04. The summed E-state index contributed by atoms with van der Waals surface area (Å²) in [5.41, 5.74) is 1.82. The number of carbonyl (C=O) groups excluding carboxylic acids is 1. The summed E-state index contributed by atoms with van der Waals surface area (Å²) in [6.07, 6.45) is 1.22. The van der Waals surface area contributed by atoms with Crippen molar-refractivity contribution in [2.45, 2.75) is 6.92 Å². The van der Waals surface area contributed by atoms with Crippen LogP contribution in [-0.2, 0) is 0 Å². The second kappa shape index (κ2) is 4.90. The zero-order chi connectivity index (χ0) is 15.0. The molecule has 1 aromatic carbocycles. The molecule has 0 saturated heterocycles. The van der Waals surface area contributed by atoms with Crippen molar-refractivity contribution in [3.8, 4) is 5.75 Å². The zero-order valence-corrected chi connectivity index (χ0v) is 11.2. The van der Waals surface area contributed by atoms with Crippen LogP contribution in [0.4, 0.5) is 10.1 Å². The lowest BCUT2D eigenvalue weighted by molar-refractivity contribution is 0.102. The van der Waals surface area contributed by atoms with E-state index < -0.39 is 11.7 Å². The molecule has 0 aliphatic heterocycles. The number of nitrogens with one attached hydrogen (secondary N) is 1. The van der Waals surface area contributed by atoms with E-state index in [0.29, 0.717) is 17.0 Å². The lowest BCUT2D eigenvalue weighted by Crippen LogP contribution is -2.15. The van der Waals surface area contributed by atoms with Crippen LogP contribution in [0.1, 0.15) is 16.2 Å². The van der Waals surface area contributed by atoms with Gasteiger partial charge in [-0.2, -0.15) is 0 Å². The minimum absolute atomic E-state index is 0.112. The van der Waals surface area contributed by atoms with E-state index in [1.54, 1.807) is 19.1 Å². The Morgan fingerprint density at radius 2 is 1.95 bits per heavy atom. The molecular formula is C15H12FN3O2. The number of imidazole rings is 1. The number of fused-ring (bicyclic) bond motifs is 1. The molecule has 0 atom stereocenters. The number of hydrogen-bond donors (Lipinski definition) is 2. The van der Waals surface area contributed by atoms with Gasteiger partial charge in [-0.25, -0.2) is 9.37 Å². The first kappa shape index (κ1) is 13.1. The normalized spacial score (nSPS) is 10.8. The van der Waals surface area contributed by atoms with Crippen molar-refractivity contribution in [3.05, 3.63) is 59.8 Å². The number of aryl methyl sites for hydroxylation is 1. The number of benzene rings is 1. The number of hydrogen-bond acceptors (Lipinski definition) is 3. The number of phenols is 1. The molecule has 2 heterocycles. The van der Waals surface area contributed by atoms with Crippen LogP contribution in [0.5, 0.6) is 5.75 Å². The maximum absolute atomic E-state index is 13.4.